The van der Waals surface area contributed by atoms with Gasteiger partial charge in [-0.2, -0.15) is 0 Å². The molecule has 0 radical (unpaired) electrons. The Morgan fingerprint density at radius 2 is 2.33 bits per heavy atom. The number of hydrogen-bond acceptors (Lipinski definition) is 5. The molecule has 1 aliphatic carbocycles. The van der Waals surface area contributed by atoms with E-state index in [-0.39, 0.29) is 11.4 Å². The highest BCUT2D eigenvalue weighted by Crippen LogP contribution is 2.28. The molecule has 1 aromatic rings. The number of carbonyl (C=O) groups is 1. The third-order valence-corrected chi connectivity index (χ3v) is 3.58. The predicted molar refractivity (Wildman–Crippen MR) is 57.6 cm³/mol. The number of nitrogens with two attached hydrogens (primary N) is 1. The van der Waals surface area contributed by atoms with Gasteiger partial charge in [-0.15, -0.1) is 5.10 Å². The van der Waals surface area contributed by atoms with Crippen LogP contribution >= 0.6 is 11.5 Å². The molecule has 0 saturated heterocycles. The highest BCUT2D eigenvalue weighted by atomic mass is 32.1. The molecule has 0 unspecified atom stereocenters. The number of amides is 1. The molecule has 0 spiro atoms. The van der Waals surface area contributed by atoms with Crippen molar-refractivity contribution in [2.45, 2.75) is 31.2 Å². The molecule has 1 amide bonds. The lowest BCUT2D eigenvalue weighted by atomic mass is 9.98. The van der Waals surface area contributed by atoms with Crippen LogP contribution in [0.3, 0.4) is 0 Å². The summed E-state index contributed by atoms with van der Waals surface area (Å²) in [5, 5.41) is 6.65. The molecule has 2 rings (SSSR count). The summed E-state index contributed by atoms with van der Waals surface area (Å²) in [6.45, 7) is 0.505. The van der Waals surface area contributed by atoms with Gasteiger partial charge in [-0.3, -0.25) is 4.79 Å². The Balaban J connectivity index is 2.04. The molecule has 1 aliphatic rings. The van der Waals surface area contributed by atoms with Crippen molar-refractivity contribution < 1.29 is 4.79 Å². The first-order valence-electron chi connectivity index (χ1n) is 5.06. The molecule has 1 fully saturated rings. The minimum Gasteiger partial charge on any atom is -0.345 e. The average molecular weight is 226 g/mol. The minimum absolute atomic E-state index is 0.0997. The Morgan fingerprint density at radius 3 is 2.87 bits per heavy atom. The van der Waals surface area contributed by atoms with Gasteiger partial charge in [0.2, 0.25) is 0 Å². The minimum atomic E-state index is -0.193. The van der Waals surface area contributed by atoms with Crippen molar-refractivity contribution in [3.8, 4) is 0 Å². The quantitative estimate of drug-likeness (QED) is 0.788. The maximum Gasteiger partial charge on any atom is 0.265 e. The first kappa shape index (κ1) is 10.5. The second kappa shape index (κ2) is 4.24. The third kappa shape index (κ3) is 2.15. The largest absolute Gasteiger partial charge is 0.345 e. The van der Waals surface area contributed by atoms with Crippen LogP contribution in [0, 0.1) is 0 Å². The van der Waals surface area contributed by atoms with Crippen LogP contribution in [0.1, 0.15) is 35.4 Å². The van der Waals surface area contributed by atoms with Crippen LogP contribution in [-0.2, 0) is 0 Å². The lowest BCUT2D eigenvalue weighted by molar-refractivity contribution is 0.0907. The Labute approximate surface area is 92.2 Å². The average Bonchev–Trinajstić information content (AvgIpc) is 2.88. The second-order valence-electron chi connectivity index (χ2n) is 3.93. The van der Waals surface area contributed by atoms with Crippen LogP contribution in [0.5, 0.6) is 0 Å². The van der Waals surface area contributed by atoms with Crippen LogP contribution in [0.15, 0.2) is 6.20 Å². The van der Waals surface area contributed by atoms with E-state index in [0.717, 1.165) is 37.2 Å². The van der Waals surface area contributed by atoms with Crippen molar-refractivity contribution in [3.63, 3.8) is 0 Å². The molecule has 3 N–H and O–H groups in total. The van der Waals surface area contributed by atoms with E-state index in [1.807, 2.05) is 0 Å². The number of hydrogen-bond donors (Lipinski definition) is 2. The second-order valence-corrected chi connectivity index (χ2v) is 4.71. The van der Waals surface area contributed by atoms with Gasteiger partial charge in [0.25, 0.3) is 5.91 Å². The zero-order valence-electron chi connectivity index (χ0n) is 8.40. The summed E-state index contributed by atoms with van der Waals surface area (Å²) in [5.74, 6) is -0.0997. The fourth-order valence-corrected chi connectivity index (χ4v) is 2.41. The van der Waals surface area contributed by atoms with Crippen LogP contribution in [0.25, 0.3) is 0 Å². The monoisotopic (exact) mass is 226 g/mol. The summed E-state index contributed by atoms with van der Waals surface area (Å²) in [4.78, 5) is 12.3. The number of rotatable bonds is 3. The van der Waals surface area contributed by atoms with Gasteiger partial charge in [0.05, 0.1) is 11.7 Å². The maximum absolute atomic E-state index is 11.8. The van der Waals surface area contributed by atoms with Crippen molar-refractivity contribution in [1.29, 1.82) is 0 Å². The van der Waals surface area contributed by atoms with E-state index >= 15 is 0 Å². The zero-order valence-corrected chi connectivity index (χ0v) is 9.22. The molecular formula is C9H14N4OS. The number of carbonyl (C=O) groups excluding carboxylic acids is 1. The van der Waals surface area contributed by atoms with Gasteiger partial charge in [-0.05, 0) is 24.4 Å². The highest BCUT2D eigenvalue weighted by molar-refractivity contribution is 7.07. The topological polar surface area (TPSA) is 80.9 Å². The summed E-state index contributed by atoms with van der Waals surface area (Å²) in [7, 11) is 0. The summed E-state index contributed by atoms with van der Waals surface area (Å²) >= 11 is 1.11. The first-order chi connectivity index (χ1) is 7.26. The fraction of sp³-hybridized carbons (Fsp3) is 0.667. The van der Waals surface area contributed by atoms with Crippen molar-refractivity contribution in [2.24, 2.45) is 5.73 Å². The van der Waals surface area contributed by atoms with E-state index < -0.39 is 0 Å². The van der Waals surface area contributed by atoms with Crippen molar-refractivity contribution in [2.75, 3.05) is 6.54 Å². The smallest absolute Gasteiger partial charge is 0.265 e. The fourth-order valence-electron chi connectivity index (χ4n) is 2.00. The molecule has 1 aromatic heterocycles. The molecule has 5 nitrogen and oxygen atoms in total. The molecule has 1 saturated carbocycles. The number of nitrogens with one attached hydrogen (secondary N) is 1. The van der Waals surface area contributed by atoms with Crippen LogP contribution < -0.4 is 11.1 Å². The van der Waals surface area contributed by atoms with E-state index in [9.17, 15) is 4.79 Å². The van der Waals surface area contributed by atoms with Gasteiger partial charge in [-0.25, -0.2) is 0 Å². The van der Waals surface area contributed by atoms with Gasteiger partial charge in [0.1, 0.15) is 4.88 Å². The summed E-state index contributed by atoms with van der Waals surface area (Å²) < 4.78 is 3.67. The van der Waals surface area contributed by atoms with Gasteiger partial charge < -0.3 is 11.1 Å². The van der Waals surface area contributed by atoms with Gasteiger partial charge in [0, 0.05) is 6.54 Å². The molecular weight excluding hydrogens is 212 g/mol. The van der Waals surface area contributed by atoms with Crippen molar-refractivity contribution in [1.82, 2.24) is 14.9 Å². The van der Waals surface area contributed by atoms with Gasteiger partial charge in [0.15, 0.2) is 0 Å². The molecule has 82 valence electrons. The molecule has 0 aliphatic heterocycles. The molecule has 0 aromatic carbocycles. The normalized spacial score (nSPS) is 19.0. The highest BCUT2D eigenvalue weighted by Gasteiger charge is 2.34. The Kier molecular flexibility index (Phi) is 2.97. The molecule has 6 heteroatoms. The number of aromatic nitrogens is 2. The van der Waals surface area contributed by atoms with Crippen LogP contribution in [0.2, 0.25) is 0 Å². The molecule has 1 heterocycles. The molecule has 15 heavy (non-hydrogen) atoms. The zero-order chi connectivity index (χ0) is 10.7. The Morgan fingerprint density at radius 1 is 1.60 bits per heavy atom. The van der Waals surface area contributed by atoms with Crippen LogP contribution in [0.4, 0.5) is 0 Å². The van der Waals surface area contributed by atoms with E-state index in [2.05, 4.69) is 14.9 Å². The molecule has 0 atom stereocenters. The predicted octanol–water partition coefficient (Wildman–Crippen LogP) is 0.539. The Hall–Kier alpha value is -1.01. The number of nitrogens with zero attached hydrogens (tertiary/aromatic N) is 2. The summed E-state index contributed by atoms with van der Waals surface area (Å²) in [5.41, 5.74) is 5.53. The standard InChI is InChI=1S/C9H14N4OS/c10-6-9(3-1-2-4-9)12-8(14)7-5-11-13-15-7/h5H,1-4,6,10H2,(H,12,14). The lowest BCUT2D eigenvalue weighted by Gasteiger charge is -2.28. The van der Waals surface area contributed by atoms with Crippen molar-refractivity contribution >= 4 is 17.4 Å². The van der Waals surface area contributed by atoms with Crippen molar-refractivity contribution in [3.05, 3.63) is 11.1 Å². The summed E-state index contributed by atoms with van der Waals surface area (Å²) in [6.07, 6.45) is 5.71. The third-order valence-electron chi connectivity index (χ3n) is 2.92. The van der Waals surface area contributed by atoms with Gasteiger partial charge in [-0.1, -0.05) is 17.3 Å². The van der Waals surface area contributed by atoms with E-state index in [0.29, 0.717) is 11.4 Å². The summed E-state index contributed by atoms with van der Waals surface area (Å²) in [6, 6.07) is 0. The van der Waals surface area contributed by atoms with Gasteiger partial charge >= 0.3 is 0 Å². The van der Waals surface area contributed by atoms with Crippen LogP contribution in [-0.4, -0.2) is 27.6 Å². The molecule has 0 bridgehead atoms. The maximum atomic E-state index is 11.8. The SMILES string of the molecule is NCC1(NC(=O)c2cnns2)CCCC1. The lowest BCUT2D eigenvalue weighted by Crippen LogP contribution is -2.51. The first-order valence-corrected chi connectivity index (χ1v) is 5.83. The van der Waals surface area contributed by atoms with E-state index in [1.54, 1.807) is 0 Å². The van der Waals surface area contributed by atoms with E-state index in [1.165, 1.54) is 6.20 Å². The van der Waals surface area contributed by atoms with E-state index in [4.69, 9.17) is 5.73 Å². The Bertz CT molecular complexity index is 332.